The molecule has 0 unspecified atom stereocenters. The average molecular weight is 546 g/mol. The minimum absolute atomic E-state index is 0.303. The zero-order chi connectivity index (χ0) is 26.7. The average Bonchev–Trinajstić information content (AvgIpc) is 3.31. The highest BCUT2D eigenvalue weighted by molar-refractivity contribution is 7.92. The van der Waals surface area contributed by atoms with E-state index in [1.54, 1.807) is 7.11 Å². The topological polar surface area (TPSA) is 103 Å². The van der Waals surface area contributed by atoms with Crippen LogP contribution in [0.15, 0.2) is 42.6 Å². The van der Waals surface area contributed by atoms with Crippen LogP contribution in [0.4, 0.5) is 34.5 Å². The van der Waals surface area contributed by atoms with Gasteiger partial charge in [0.2, 0.25) is 16.0 Å². The van der Waals surface area contributed by atoms with E-state index in [4.69, 9.17) is 16.3 Å². The lowest BCUT2D eigenvalue weighted by Gasteiger charge is -2.23. The molecule has 0 aliphatic carbocycles. The van der Waals surface area contributed by atoms with Gasteiger partial charge in [-0.2, -0.15) is 4.98 Å². The molecule has 2 heterocycles. The molecule has 10 nitrogen and oxygen atoms in total. The van der Waals surface area contributed by atoms with Crippen molar-refractivity contribution >= 4 is 56.1 Å². The van der Waals surface area contributed by atoms with Gasteiger partial charge in [-0.25, -0.2) is 13.4 Å². The molecule has 198 valence electrons. The summed E-state index contributed by atoms with van der Waals surface area (Å²) in [7, 11) is 4.32. The number of likely N-dealkylation sites (N-methyl/N-ethyl adjacent to an activating group) is 2. The van der Waals surface area contributed by atoms with E-state index < -0.39 is 10.0 Å². The quantitative estimate of drug-likeness (QED) is 0.392. The van der Waals surface area contributed by atoms with E-state index in [0.29, 0.717) is 52.6 Å². The van der Waals surface area contributed by atoms with Gasteiger partial charge in [0.25, 0.3) is 0 Å². The molecule has 0 amide bonds. The SMILES string of the molecule is COc1cc(N(C)CCN(C)C)ccc1Nc1ncc(Cl)c(Nc2cccc3c2N(S(C)(=O)=O)CC3)n1. The molecular formula is C25H32ClN7O3S. The molecule has 1 aromatic heterocycles. The fourth-order valence-electron chi connectivity index (χ4n) is 4.12. The standard InChI is InChI=1S/C25H32ClN7O3S/c1-31(2)13-14-32(3)18-9-10-20(22(15-18)36-4)29-25-27-16-19(26)24(30-25)28-21-8-6-7-17-11-12-33(23(17)21)37(5,34)35/h6-10,15-16H,11-14H2,1-5H3,(H2,27,28,29,30). The second-order valence-corrected chi connectivity index (χ2v) is 11.5. The summed E-state index contributed by atoms with van der Waals surface area (Å²) in [5.74, 6) is 1.31. The third kappa shape index (κ3) is 6.17. The van der Waals surface area contributed by atoms with Crippen LogP contribution in [0.3, 0.4) is 0 Å². The monoisotopic (exact) mass is 545 g/mol. The molecule has 0 fully saturated rings. The highest BCUT2D eigenvalue weighted by Crippen LogP contribution is 2.39. The summed E-state index contributed by atoms with van der Waals surface area (Å²) in [6.07, 6.45) is 3.34. The number of fused-ring (bicyclic) bond motifs is 1. The Kier molecular flexibility index (Phi) is 7.96. The van der Waals surface area contributed by atoms with E-state index in [1.807, 2.05) is 57.5 Å². The summed E-state index contributed by atoms with van der Waals surface area (Å²) in [6.45, 7) is 2.20. The molecule has 0 saturated carbocycles. The molecule has 1 aliphatic heterocycles. The van der Waals surface area contributed by atoms with Crippen molar-refractivity contribution in [1.82, 2.24) is 14.9 Å². The second kappa shape index (κ2) is 11.0. The largest absolute Gasteiger partial charge is 0.494 e. The van der Waals surface area contributed by atoms with Crippen LogP contribution in [0.1, 0.15) is 5.56 Å². The number of anilines is 6. The van der Waals surface area contributed by atoms with Crippen molar-refractivity contribution in [2.75, 3.05) is 74.0 Å². The third-order valence-electron chi connectivity index (χ3n) is 6.11. The molecule has 12 heteroatoms. The number of hydrogen-bond donors (Lipinski definition) is 2. The van der Waals surface area contributed by atoms with Crippen LogP contribution in [0.25, 0.3) is 0 Å². The smallest absolute Gasteiger partial charge is 0.232 e. The lowest BCUT2D eigenvalue weighted by molar-refractivity contribution is 0.413. The summed E-state index contributed by atoms with van der Waals surface area (Å²) >= 11 is 6.41. The predicted octanol–water partition coefficient (Wildman–Crippen LogP) is 3.95. The first-order chi connectivity index (χ1) is 17.6. The minimum Gasteiger partial charge on any atom is -0.494 e. The molecule has 37 heavy (non-hydrogen) atoms. The summed E-state index contributed by atoms with van der Waals surface area (Å²) in [5.41, 5.74) is 3.89. The molecular weight excluding hydrogens is 514 g/mol. The molecule has 0 radical (unpaired) electrons. The zero-order valence-corrected chi connectivity index (χ0v) is 23.2. The van der Waals surface area contributed by atoms with E-state index >= 15 is 0 Å². The van der Waals surface area contributed by atoms with Gasteiger partial charge in [0.05, 0.1) is 36.6 Å². The van der Waals surface area contributed by atoms with Crippen LogP contribution in [-0.4, -0.2) is 77.4 Å². The van der Waals surface area contributed by atoms with Crippen LogP contribution in [0.2, 0.25) is 5.02 Å². The summed E-state index contributed by atoms with van der Waals surface area (Å²) in [6, 6.07) is 11.5. The first-order valence-electron chi connectivity index (χ1n) is 11.8. The normalized spacial score (nSPS) is 13.0. The number of hydrogen-bond acceptors (Lipinski definition) is 9. The lowest BCUT2D eigenvalue weighted by atomic mass is 10.1. The third-order valence-corrected chi connectivity index (χ3v) is 7.55. The molecule has 0 bridgehead atoms. The molecule has 0 saturated heterocycles. The van der Waals surface area contributed by atoms with Crippen LogP contribution in [0.5, 0.6) is 5.75 Å². The van der Waals surface area contributed by atoms with Gasteiger partial charge in [-0.3, -0.25) is 4.31 Å². The maximum Gasteiger partial charge on any atom is 0.232 e. The first-order valence-corrected chi connectivity index (χ1v) is 14.0. The Morgan fingerprint density at radius 3 is 2.59 bits per heavy atom. The van der Waals surface area contributed by atoms with Gasteiger partial charge in [0.15, 0.2) is 5.82 Å². The number of sulfonamides is 1. The van der Waals surface area contributed by atoms with E-state index in [9.17, 15) is 8.42 Å². The maximum absolute atomic E-state index is 12.3. The summed E-state index contributed by atoms with van der Waals surface area (Å²) in [5, 5.41) is 6.71. The van der Waals surface area contributed by atoms with Crippen molar-refractivity contribution in [2.45, 2.75) is 6.42 Å². The number of rotatable bonds is 10. The Bertz CT molecular complexity index is 1380. The molecule has 2 aromatic carbocycles. The van der Waals surface area contributed by atoms with Crippen molar-refractivity contribution in [1.29, 1.82) is 0 Å². The fraction of sp³-hybridized carbons (Fsp3) is 0.360. The van der Waals surface area contributed by atoms with Gasteiger partial charge in [0, 0.05) is 38.4 Å². The number of halogens is 1. The van der Waals surface area contributed by atoms with Gasteiger partial charge < -0.3 is 25.2 Å². The van der Waals surface area contributed by atoms with E-state index in [2.05, 4.69) is 30.4 Å². The van der Waals surface area contributed by atoms with Gasteiger partial charge in [-0.05, 0) is 44.3 Å². The summed E-state index contributed by atoms with van der Waals surface area (Å²) in [4.78, 5) is 13.2. The molecule has 3 aromatic rings. The number of benzene rings is 2. The van der Waals surface area contributed by atoms with Crippen molar-refractivity contribution in [3.8, 4) is 5.75 Å². The van der Waals surface area contributed by atoms with E-state index in [-0.39, 0.29) is 0 Å². The van der Waals surface area contributed by atoms with Crippen molar-refractivity contribution < 1.29 is 13.2 Å². The first kappa shape index (κ1) is 26.8. The van der Waals surface area contributed by atoms with Crippen molar-refractivity contribution in [3.05, 3.63) is 53.2 Å². The second-order valence-electron chi connectivity index (χ2n) is 9.15. The van der Waals surface area contributed by atoms with Gasteiger partial charge in [0.1, 0.15) is 10.8 Å². The Morgan fingerprint density at radius 2 is 1.89 bits per heavy atom. The fourth-order valence-corrected chi connectivity index (χ4v) is 5.23. The molecule has 1 aliphatic rings. The van der Waals surface area contributed by atoms with Crippen LogP contribution in [-0.2, 0) is 16.4 Å². The highest BCUT2D eigenvalue weighted by Gasteiger charge is 2.29. The molecule has 4 rings (SSSR count). The zero-order valence-electron chi connectivity index (χ0n) is 21.6. The van der Waals surface area contributed by atoms with E-state index in [0.717, 1.165) is 24.3 Å². The Labute approximate surface area is 223 Å². The number of aromatic nitrogens is 2. The number of nitrogens with one attached hydrogen (secondary N) is 2. The van der Waals surface area contributed by atoms with Gasteiger partial charge in [-0.15, -0.1) is 0 Å². The van der Waals surface area contributed by atoms with E-state index in [1.165, 1.54) is 16.8 Å². The van der Waals surface area contributed by atoms with Crippen LogP contribution in [0, 0.1) is 0 Å². The Hall–Kier alpha value is -3.28. The van der Waals surface area contributed by atoms with Crippen molar-refractivity contribution in [3.63, 3.8) is 0 Å². The number of ether oxygens (including phenoxy) is 1. The van der Waals surface area contributed by atoms with Crippen molar-refractivity contribution in [2.24, 2.45) is 0 Å². The highest BCUT2D eigenvalue weighted by atomic mass is 35.5. The number of methoxy groups -OCH3 is 1. The Balaban J connectivity index is 1.58. The number of para-hydroxylation sites is 1. The summed E-state index contributed by atoms with van der Waals surface area (Å²) < 4.78 is 31.7. The van der Waals surface area contributed by atoms with Crippen LogP contribution < -0.4 is 24.6 Å². The lowest BCUT2D eigenvalue weighted by Crippen LogP contribution is -2.28. The Morgan fingerprint density at radius 1 is 1.11 bits per heavy atom. The molecule has 0 spiro atoms. The predicted molar refractivity (Wildman–Crippen MR) is 151 cm³/mol. The molecule has 2 N–H and O–H groups in total. The molecule has 0 atom stereocenters. The number of nitrogens with zero attached hydrogens (tertiary/aromatic N) is 5. The minimum atomic E-state index is -3.42. The van der Waals surface area contributed by atoms with Gasteiger partial charge in [-0.1, -0.05) is 23.7 Å². The van der Waals surface area contributed by atoms with Crippen LogP contribution >= 0.6 is 11.6 Å². The van der Waals surface area contributed by atoms with Gasteiger partial charge >= 0.3 is 0 Å². The maximum atomic E-state index is 12.3.